The third kappa shape index (κ3) is 3.89. The summed E-state index contributed by atoms with van der Waals surface area (Å²) in [6.45, 7) is 5.03. The average molecular weight is 259 g/mol. The number of aromatic nitrogens is 2. The van der Waals surface area contributed by atoms with Crippen LogP contribution in [-0.4, -0.2) is 16.7 Å². The fourth-order valence-corrected chi connectivity index (χ4v) is 1.92. The monoisotopic (exact) mass is 259 g/mol. The Morgan fingerprint density at radius 2 is 2.11 bits per heavy atom. The van der Waals surface area contributed by atoms with E-state index in [4.69, 9.17) is 10.3 Å². The minimum absolute atomic E-state index is 0.595. The molecule has 0 radical (unpaired) electrons. The number of nitrogens with two attached hydrogens (primary N) is 1. The fourth-order valence-electron chi connectivity index (χ4n) is 1.92. The van der Waals surface area contributed by atoms with Crippen LogP contribution in [0.15, 0.2) is 28.8 Å². The molecule has 4 nitrogen and oxygen atoms in total. The van der Waals surface area contributed by atoms with Crippen LogP contribution in [0, 0.1) is 5.92 Å². The lowest BCUT2D eigenvalue weighted by atomic mass is 10.1. The second-order valence-corrected chi connectivity index (χ2v) is 5.19. The first kappa shape index (κ1) is 13.7. The normalized spacial score (nSPS) is 11.2. The summed E-state index contributed by atoms with van der Waals surface area (Å²) in [5, 5.41) is 4.03. The van der Waals surface area contributed by atoms with Crippen molar-refractivity contribution in [3.63, 3.8) is 0 Å². The molecule has 102 valence electrons. The van der Waals surface area contributed by atoms with E-state index in [2.05, 4.69) is 36.1 Å². The quantitative estimate of drug-likeness (QED) is 0.866. The van der Waals surface area contributed by atoms with Gasteiger partial charge in [-0.3, -0.25) is 0 Å². The lowest BCUT2D eigenvalue weighted by Crippen LogP contribution is -2.02. The summed E-state index contributed by atoms with van der Waals surface area (Å²) >= 11 is 0. The molecule has 0 bridgehead atoms. The van der Waals surface area contributed by atoms with E-state index in [-0.39, 0.29) is 0 Å². The molecular weight excluding hydrogens is 238 g/mol. The third-order valence-electron chi connectivity index (χ3n) is 3.02. The van der Waals surface area contributed by atoms with Crippen LogP contribution in [0.5, 0.6) is 0 Å². The van der Waals surface area contributed by atoms with E-state index in [1.54, 1.807) is 0 Å². The Morgan fingerprint density at radius 1 is 1.26 bits per heavy atom. The molecule has 0 aliphatic carbocycles. The van der Waals surface area contributed by atoms with Crippen LogP contribution < -0.4 is 5.73 Å². The molecule has 0 spiro atoms. The van der Waals surface area contributed by atoms with E-state index in [0.29, 0.717) is 18.4 Å². The SMILES string of the molecule is CC(C)CCc1noc(-c2cccc(CCN)c2)n1. The van der Waals surface area contributed by atoms with E-state index in [1.165, 1.54) is 5.56 Å². The van der Waals surface area contributed by atoms with Gasteiger partial charge in [0, 0.05) is 12.0 Å². The van der Waals surface area contributed by atoms with Crippen molar-refractivity contribution >= 4 is 0 Å². The maximum absolute atomic E-state index is 5.57. The Balaban J connectivity index is 2.11. The number of benzene rings is 1. The van der Waals surface area contributed by atoms with Crippen molar-refractivity contribution in [1.29, 1.82) is 0 Å². The fraction of sp³-hybridized carbons (Fsp3) is 0.467. The highest BCUT2D eigenvalue weighted by molar-refractivity contribution is 5.54. The topological polar surface area (TPSA) is 64.9 Å². The molecule has 0 fully saturated rings. The predicted octanol–water partition coefficient (Wildman–Crippen LogP) is 2.83. The maximum Gasteiger partial charge on any atom is 0.257 e. The molecule has 0 atom stereocenters. The lowest BCUT2D eigenvalue weighted by Gasteiger charge is -2.00. The molecular formula is C15H21N3O. The van der Waals surface area contributed by atoms with Crippen LogP contribution >= 0.6 is 0 Å². The molecule has 2 aromatic rings. The van der Waals surface area contributed by atoms with Gasteiger partial charge in [-0.15, -0.1) is 0 Å². The molecule has 0 saturated heterocycles. The Hall–Kier alpha value is -1.68. The molecule has 2 rings (SSSR count). The molecule has 1 aromatic heterocycles. The van der Waals surface area contributed by atoms with Crippen LogP contribution in [0.3, 0.4) is 0 Å². The van der Waals surface area contributed by atoms with Gasteiger partial charge in [0.1, 0.15) is 0 Å². The Kier molecular flexibility index (Phi) is 4.68. The highest BCUT2D eigenvalue weighted by Crippen LogP contribution is 2.19. The maximum atomic E-state index is 5.57. The van der Waals surface area contributed by atoms with E-state index in [1.807, 2.05) is 12.1 Å². The molecule has 0 saturated carbocycles. The zero-order chi connectivity index (χ0) is 13.7. The number of aryl methyl sites for hydroxylation is 1. The molecule has 1 heterocycles. The van der Waals surface area contributed by atoms with Gasteiger partial charge in [-0.1, -0.05) is 31.1 Å². The van der Waals surface area contributed by atoms with E-state index >= 15 is 0 Å². The van der Waals surface area contributed by atoms with Crippen LogP contribution in [0.2, 0.25) is 0 Å². The summed E-state index contributed by atoms with van der Waals surface area (Å²) in [5.74, 6) is 2.03. The molecule has 0 unspecified atom stereocenters. The van der Waals surface area contributed by atoms with Gasteiger partial charge in [0.15, 0.2) is 5.82 Å². The highest BCUT2D eigenvalue weighted by Gasteiger charge is 2.09. The van der Waals surface area contributed by atoms with Crippen molar-refractivity contribution in [3.05, 3.63) is 35.7 Å². The first-order valence-electron chi connectivity index (χ1n) is 6.81. The summed E-state index contributed by atoms with van der Waals surface area (Å²) in [7, 11) is 0. The van der Waals surface area contributed by atoms with Crippen LogP contribution in [-0.2, 0) is 12.8 Å². The van der Waals surface area contributed by atoms with Crippen LogP contribution in [0.25, 0.3) is 11.5 Å². The summed E-state index contributed by atoms with van der Waals surface area (Å²) < 4.78 is 5.32. The van der Waals surface area contributed by atoms with Crippen molar-refractivity contribution in [2.24, 2.45) is 11.7 Å². The van der Waals surface area contributed by atoms with Crippen molar-refractivity contribution in [1.82, 2.24) is 10.1 Å². The Morgan fingerprint density at radius 3 is 2.84 bits per heavy atom. The van der Waals surface area contributed by atoms with Gasteiger partial charge in [-0.25, -0.2) is 0 Å². The molecule has 1 aromatic carbocycles. The Labute approximate surface area is 114 Å². The summed E-state index contributed by atoms with van der Waals surface area (Å²) in [4.78, 5) is 4.44. The highest BCUT2D eigenvalue weighted by atomic mass is 16.5. The van der Waals surface area contributed by atoms with Gasteiger partial charge >= 0.3 is 0 Å². The molecule has 0 amide bonds. The molecule has 0 aliphatic rings. The van der Waals surface area contributed by atoms with E-state index in [9.17, 15) is 0 Å². The second kappa shape index (κ2) is 6.48. The van der Waals surface area contributed by atoms with Gasteiger partial charge in [0.2, 0.25) is 0 Å². The zero-order valence-electron chi connectivity index (χ0n) is 11.6. The van der Waals surface area contributed by atoms with Crippen molar-refractivity contribution in [2.75, 3.05) is 6.54 Å². The number of hydrogen-bond donors (Lipinski definition) is 1. The van der Waals surface area contributed by atoms with Crippen molar-refractivity contribution < 1.29 is 4.52 Å². The van der Waals surface area contributed by atoms with Crippen molar-refractivity contribution in [3.8, 4) is 11.5 Å². The lowest BCUT2D eigenvalue weighted by molar-refractivity contribution is 0.419. The van der Waals surface area contributed by atoms with Gasteiger partial charge < -0.3 is 10.3 Å². The predicted molar refractivity (Wildman–Crippen MR) is 75.7 cm³/mol. The van der Waals surface area contributed by atoms with E-state index < -0.39 is 0 Å². The molecule has 2 N–H and O–H groups in total. The van der Waals surface area contributed by atoms with Crippen LogP contribution in [0.1, 0.15) is 31.7 Å². The van der Waals surface area contributed by atoms with Crippen LogP contribution in [0.4, 0.5) is 0 Å². The first-order valence-corrected chi connectivity index (χ1v) is 6.81. The summed E-state index contributed by atoms with van der Waals surface area (Å²) in [5.41, 5.74) is 7.73. The number of hydrogen-bond acceptors (Lipinski definition) is 4. The molecule has 4 heteroatoms. The van der Waals surface area contributed by atoms with Gasteiger partial charge in [0.25, 0.3) is 5.89 Å². The van der Waals surface area contributed by atoms with Gasteiger partial charge in [-0.05, 0) is 43.0 Å². The number of rotatable bonds is 6. The minimum atomic E-state index is 0.595. The smallest absolute Gasteiger partial charge is 0.257 e. The van der Waals surface area contributed by atoms with E-state index in [0.717, 1.165) is 30.7 Å². The van der Waals surface area contributed by atoms with Gasteiger partial charge in [0.05, 0.1) is 0 Å². The first-order chi connectivity index (χ1) is 9.19. The third-order valence-corrected chi connectivity index (χ3v) is 3.02. The number of nitrogens with zero attached hydrogens (tertiary/aromatic N) is 2. The summed E-state index contributed by atoms with van der Waals surface area (Å²) in [6.07, 6.45) is 2.80. The molecule has 0 aliphatic heterocycles. The Bertz CT molecular complexity index is 520. The van der Waals surface area contributed by atoms with Gasteiger partial charge in [-0.2, -0.15) is 4.98 Å². The van der Waals surface area contributed by atoms with Crippen molar-refractivity contribution in [2.45, 2.75) is 33.1 Å². The zero-order valence-corrected chi connectivity index (χ0v) is 11.6. The largest absolute Gasteiger partial charge is 0.334 e. The molecule has 19 heavy (non-hydrogen) atoms. The minimum Gasteiger partial charge on any atom is -0.334 e. The average Bonchev–Trinajstić information content (AvgIpc) is 2.86. The summed E-state index contributed by atoms with van der Waals surface area (Å²) in [6, 6.07) is 8.11. The standard InChI is InChI=1S/C15H21N3O/c1-11(2)6-7-14-17-15(19-18-14)13-5-3-4-12(10-13)8-9-16/h3-5,10-11H,6-9,16H2,1-2H3. The second-order valence-electron chi connectivity index (χ2n) is 5.19.